The Hall–Kier alpha value is -15.3. The molecule has 32 heteroatoms. The van der Waals surface area contributed by atoms with Gasteiger partial charge in [-0.2, -0.15) is 54.4 Å². The van der Waals surface area contributed by atoms with Crippen LogP contribution in [-0.4, -0.2) is 220 Å². The van der Waals surface area contributed by atoms with Crippen LogP contribution in [0.1, 0.15) is 104 Å². The fraction of sp³-hybridized carbons (Fsp3) is 0.360. The van der Waals surface area contributed by atoms with Gasteiger partial charge in [-0.3, -0.25) is 52.8 Å². The average Bonchev–Trinajstić information content (AvgIpc) is 0.839. The fourth-order valence-electron chi connectivity index (χ4n) is 19.0. The van der Waals surface area contributed by atoms with Crippen molar-refractivity contribution in [1.29, 1.82) is 0 Å². The summed E-state index contributed by atoms with van der Waals surface area (Å²) >= 11 is 0. The van der Waals surface area contributed by atoms with Crippen LogP contribution < -0.4 is 70.3 Å². The second-order valence-corrected chi connectivity index (χ2v) is 37.2. The van der Waals surface area contributed by atoms with E-state index in [-0.39, 0.29) is 22.2 Å². The van der Waals surface area contributed by atoms with Gasteiger partial charge in [-0.05, 0) is 135 Å². The highest BCUT2D eigenvalue weighted by atomic mass is 16.5. The minimum atomic E-state index is -0.253. The first kappa shape index (κ1) is 102. The minimum Gasteiger partial charge on any atom is -0.497 e. The lowest BCUT2D eigenvalue weighted by atomic mass is 9.87. The van der Waals surface area contributed by atoms with Gasteiger partial charge in [-0.25, -0.2) is 0 Å². The van der Waals surface area contributed by atoms with Crippen molar-refractivity contribution in [1.82, 2.24) is 88.1 Å². The highest BCUT2D eigenvalue weighted by Crippen LogP contribution is 2.34. The van der Waals surface area contributed by atoms with E-state index in [2.05, 4.69) is 120 Å². The van der Waals surface area contributed by atoms with Crippen LogP contribution in [0.3, 0.4) is 0 Å². The van der Waals surface area contributed by atoms with Crippen molar-refractivity contribution < 1.29 is 28.4 Å². The lowest BCUT2D eigenvalue weighted by Gasteiger charge is -2.36. The summed E-state index contributed by atoms with van der Waals surface area (Å²) in [5, 5.41) is 31.2. The Kier molecular flexibility index (Phi) is 35.9. The number of piperazine rings is 4. The molecule has 11 heterocycles. The smallest absolute Gasteiger partial charge is 0.316 e. The molecule has 1 saturated carbocycles. The van der Waals surface area contributed by atoms with Crippen molar-refractivity contribution in [2.45, 2.75) is 125 Å². The molecule has 0 N–H and O–H groups in total. The first-order chi connectivity index (χ1) is 71.7. The first-order valence-electron chi connectivity index (χ1n) is 51.2. The SMILES string of the molecule is CCOc1ccc(CN2CCN(c3cnn(-c4ccccc4)c(=O)c3OCc3ccccc3)CC2)cc1.CCn1cc(CN2CCN(c3cnn(-c4ccccc4)c(=O)c3OCCC3CCCCC3)CC2)cn1.CCn1cc(CN2CCN(c3cnn(-c4ccccc4)c(=O)c3OCCc3ccc(OC)cc3)CC2)cn1.Cc1c(CN2CCN(c3cnn(-c4ccccc4)c(=O)c3OCc3ccccc3)CC2)cnn1C. The molecule has 32 nitrogen and oxygen atoms in total. The number of benzene rings is 8. The van der Waals surface area contributed by atoms with Gasteiger partial charge in [0.25, 0.3) is 0 Å². The van der Waals surface area contributed by atoms with Gasteiger partial charge >= 0.3 is 22.2 Å². The third-order valence-corrected chi connectivity index (χ3v) is 27.5. The third kappa shape index (κ3) is 27.0. The number of rotatable bonds is 35. The number of ether oxygens (including phenoxy) is 6. The lowest BCUT2D eigenvalue weighted by molar-refractivity contribution is 0.237. The van der Waals surface area contributed by atoms with E-state index in [4.69, 9.17) is 28.4 Å². The third-order valence-electron chi connectivity index (χ3n) is 27.5. The number of anilines is 4. The van der Waals surface area contributed by atoms with Crippen molar-refractivity contribution in [2.24, 2.45) is 13.0 Å². The minimum absolute atomic E-state index is 0.184. The van der Waals surface area contributed by atoms with Crippen LogP contribution >= 0.6 is 0 Å². The van der Waals surface area contributed by atoms with E-state index < -0.39 is 0 Å². The summed E-state index contributed by atoms with van der Waals surface area (Å²) in [4.78, 5) is 72.9. The molecule has 4 saturated heterocycles. The Labute approximate surface area is 853 Å². The van der Waals surface area contributed by atoms with E-state index in [9.17, 15) is 19.2 Å². The monoisotopic (exact) mass is 1970 g/mol. The Morgan fingerprint density at radius 1 is 0.315 bits per heavy atom. The molecule has 0 atom stereocenters. The summed E-state index contributed by atoms with van der Waals surface area (Å²) < 4.78 is 47.2. The predicted molar refractivity (Wildman–Crippen MR) is 571 cm³/mol. The van der Waals surface area contributed by atoms with Gasteiger partial charge < -0.3 is 48.0 Å². The zero-order valence-corrected chi connectivity index (χ0v) is 84.7. The highest BCUT2D eigenvalue weighted by molar-refractivity contribution is 5.61. The summed E-state index contributed by atoms with van der Waals surface area (Å²) in [6.45, 7) is 29.3. The van der Waals surface area contributed by atoms with Crippen LogP contribution in [0.5, 0.6) is 34.5 Å². The second-order valence-electron chi connectivity index (χ2n) is 37.2. The lowest BCUT2D eigenvalue weighted by Crippen LogP contribution is -2.46. The van der Waals surface area contributed by atoms with E-state index in [0.29, 0.717) is 85.4 Å². The normalized spacial score (nSPS) is 14.9. The molecule has 5 fully saturated rings. The maximum atomic E-state index is 13.6. The zero-order chi connectivity index (χ0) is 101. The molecule has 5 aliphatic rings. The molecule has 0 amide bonds. The quantitative estimate of drug-likeness (QED) is 0.0357. The zero-order valence-electron chi connectivity index (χ0n) is 84.7. The Balaban J connectivity index is 0.000000133. The van der Waals surface area contributed by atoms with E-state index in [1.807, 2.05) is 271 Å². The van der Waals surface area contributed by atoms with Gasteiger partial charge in [-0.15, -0.1) is 0 Å². The maximum Gasteiger partial charge on any atom is 0.316 e. The van der Waals surface area contributed by atoms with E-state index in [1.165, 1.54) is 78.8 Å². The van der Waals surface area contributed by atoms with E-state index >= 15 is 0 Å². The summed E-state index contributed by atoms with van der Waals surface area (Å²) in [7, 11) is 3.62. The van der Waals surface area contributed by atoms with Crippen LogP contribution in [0.15, 0.2) is 305 Å². The molecular weight excluding hydrogens is 1840 g/mol. The summed E-state index contributed by atoms with van der Waals surface area (Å²) in [5.41, 5.74) is 14.3. The van der Waals surface area contributed by atoms with Gasteiger partial charge in [0.2, 0.25) is 23.0 Å². The topological polar surface area (TPSA) is 274 Å². The van der Waals surface area contributed by atoms with Crippen LogP contribution in [0, 0.1) is 12.8 Å². The van der Waals surface area contributed by atoms with Crippen molar-refractivity contribution in [3.05, 3.63) is 372 Å². The molecule has 0 unspecified atom stereocenters. The van der Waals surface area contributed by atoms with Crippen molar-refractivity contribution in [3.8, 4) is 57.2 Å². The predicted octanol–water partition coefficient (Wildman–Crippen LogP) is 15.2. The molecule has 4 aliphatic heterocycles. The van der Waals surface area contributed by atoms with Crippen molar-refractivity contribution in [2.75, 3.05) is 151 Å². The molecule has 8 aromatic carbocycles. The molecule has 7 aromatic heterocycles. The van der Waals surface area contributed by atoms with Crippen LogP contribution in [0.2, 0.25) is 0 Å². The largest absolute Gasteiger partial charge is 0.497 e. The van der Waals surface area contributed by atoms with E-state index in [1.54, 1.807) is 25.7 Å². The summed E-state index contributed by atoms with van der Waals surface area (Å²) in [6.07, 6.45) is 25.4. The number of aromatic nitrogens is 14. The average molecular weight is 1970 g/mol. The molecule has 15 aromatic rings. The van der Waals surface area contributed by atoms with E-state index in [0.717, 1.165) is 207 Å². The number of hydrogen-bond acceptors (Lipinski definition) is 25. The highest BCUT2D eigenvalue weighted by Gasteiger charge is 2.31. The molecule has 0 radical (unpaired) electrons. The van der Waals surface area contributed by atoms with Crippen LogP contribution in [0.25, 0.3) is 22.7 Å². The number of nitrogens with zero attached hydrogens (tertiary/aromatic N) is 22. The van der Waals surface area contributed by atoms with Gasteiger partial charge in [0.1, 0.15) is 47.5 Å². The fourth-order valence-corrected chi connectivity index (χ4v) is 19.0. The van der Waals surface area contributed by atoms with Crippen LogP contribution in [-0.2, 0) is 66.0 Å². The molecular formula is C114H134N22O10. The first-order valence-corrected chi connectivity index (χ1v) is 51.2. The molecule has 146 heavy (non-hydrogen) atoms. The van der Waals surface area contributed by atoms with Crippen molar-refractivity contribution >= 4 is 22.7 Å². The number of para-hydroxylation sites is 4. The maximum absolute atomic E-state index is 13.6. The van der Waals surface area contributed by atoms with Gasteiger partial charge in [0, 0.05) is 192 Å². The van der Waals surface area contributed by atoms with Gasteiger partial charge in [0.15, 0.2) is 0 Å². The van der Waals surface area contributed by atoms with Gasteiger partial charge in [-0.1, -0.05) is 190 Å². The Bertz CT molecular complexity index is 6830. The molecule has 0 spiro atoms. The second kappa shape index (κ2) is 51.3. The number of hydrogen-bond donors (Lipinski definition) is 0. The molecule has 1 aliphatic carbocycles. The number of methoxy groups -OCH3 is 1. The number of aryl methyl sites for hydroxylation is 3. The molecule has 20 rings (SSSR count). The molecule has 760 valence electrons. The standard InChI is InChI=1S/C30H32N4O3.C29H34N6O3.C28H38N6O2.C27H30N6O2/c1-2-36-27-15-13-24(14-16-27)22-32-17-19-33(20-18-32)28-21-31-34(26-11-7-4-8-12-26)30(35)29(28)37-23-25-9-5-3-6-10-25;1-3-34-22-24(19-30-34)21-32-14-16-33(17-15-32)27-20-31-35(25-7-5-4-6-8-25)29(36)28(27)38-18-13-23-9-11-26(37-2)12-10-23;1-2-33-22-24(19-29-33)21-31-14-16-32(17-15-31)26-20-30-34(25-11-7-4-8-12-25)28(35)27(26)36-18-13-23-9-5-3-6-10-23;1-21-23(17-28-30(21)2)19-31-13-15-32(16-14-31)25-18-29-33(24-11-7-4-8-12-24)27(34)26(25)35-20-22-9-5-3-6-10-22/h3-16,21H,2,17-20,22-23H2,1H3;4-12,19-20,22H,3,13-18,21H2,1-2H3;4,7-8,11-12,19-20,22-23H,2-3,5-6,9-10,13-18,21H2,1H3;3-12,17-18H,13-16,19-20H2,1-2H3. The Morgan fingerprint density at radius 3 is 0.993 bits per heavy atom. The van der Waals surface area contributed by atoms with Crippen molar-refractivity contribution in [3.63, 3.8) is 0 Å². The Morgan fingerprint density at radius 2 is 0.651 bits per heavy atom. The van der Waals surface area contributed by atoms with Crippen LogP contribution in [0.4, 0.5) is 22.7 Å². The summed E-state index contributed by atoms with van der Waals surface area (Å²) in [6, 6.07) is 73.9. The summed E-state index contributed by atoms with van der Waals surface area (Å²) in [5.74, 6) is 3.87. The van der Waals surface area contributed by atoms with Gasteiger partial charge in [0.05, 0.1) is 93.1 Å². The molecule has 0 bridgehead atoms.